The summed E-state index contributed by atoms with van der Waals surface area (Å²) in [6, 6.07) is 4.21. The van der Waals surface area contributed by atoms with Gasteiger partial charge < -0.3 is 10.1 Å². The van der Waals surface area contributed by atoms with E-state index >= 15 is 0 Å². The van der Waals surface area contributed by atoms with Gasteiger partial charge >= 0.3 is 0 Å². The third kappa shape index (κ3) is 3.15. The smallest absolute Gasteiger partial charge is 0.227 e. The van der Waals surface area contributed by atoms with E-state index < -0.39 is 0 Å². The molecule has 0 radical (unpaired) electrons. The van der Waals surface area contributed by atoms with Crippen LogP contribution in [-0.4, -0.2) is 17.0 Å². The second-order valence-corrected chi connectivity index (χ2v) is 5.65. The van der Waals surface area contributed by atoms with E-state index in [1.54, 1.807) is 0 Å². The van der Waals surface area contributed by atoms with Gasteiger partial charge in [-0.1, -0.05) is 19.9 Å². The van der Waals surface area contributed by atoms with Gasteiger partial charge in [0, 0.05) is 7.05 Å². The van der Waals surface area contributed by atoms with E-state index in [1.165, 1.54) is 17.5 Å². The second-order valence-electron chi connectivity index (χ2n) is 5.65. The third-order valence-corrected chi connectivity index (χ3v) is 3.63. The summed E-state index contributed by atoms with van der Waals surface area (Å²) in [5.74, 6) is 2.57. The number of hydrogen-bond donors (Lipinski definition) is 1. The Hall–Kier alpha value is -2.10. The summed E-state index contributed by atoms with van der Waals surface area (Å²) in [5, 5.41) is 3.11. The van der Waals surface area contributed by atoms with Crippen LogP contribution in [0.25, 0.3) is 0 Å². The fourth-order valence-electron chi connectivity index (χ4n) is 2.39. The lowest BCUT2D eigenvalue weighted by Crippen LogP contribution is -2.05. The number of aryl methyl sites for hydroxylation is 2. The number of hydrogen-bond acceptors (Lipinski definition) is 4. The maximum absolute atomic E-state index is 6.11. The van der Waals surface area contributed by atoms with Crippen LogP contribution in [0.5, 0.6) is 11.6 Å². The average Bonchev–Trinajstić information content (AvgIpc) is 2.43. The van der Waals surface area contributed by atoms with Crippen LogP contribution in [0.2, 0.25) is 0 Å². The van der Waals surface area contributed by atoms with Crippen LogP contribution >= 0.6 is 0 Å². The average molecular weight is 285 g/mol. The molecule has 1 N–H and O–H groups in total. The largest absolute Gasteiger partial charge is 0.438 e. The topological polar surface area (TPSA) is 47.0 Å². The molecule has 1 heterocycles. The molecule has 4 heteroatoms. The summed E-state index contributed by atoms with van der Waals surface area (Å²) in [6.45, 7) is 10.5. The van der Waals surface area contributed by atoms with Crippen molar-refractivity contribution in [1.82, 2.24) is 9.97 Å². The van der Waals surface area contributed by atoms with Crippen molar-refractivity contribution in [3.8, 4) is 11.6 Å². The molecule has 112 valence electrons. The predicted octanol–water partition coefficient (Wildman–Crippen LogP) is 4.36. The molecular formula is C17H23N3O. The quantitative estimate of drug-likeness (QED) is 0.906. The van der Waals surface area contributed by atoms with Crippen molar-refractivity contribution in [2.75, 3.05) is 12.4 Å². The number of nitrogens with zero attached hydrogens (tertiary/aromatic N) is 2. The zero-order valence-electron chi connectivity index (χ0n) is 13.6. The van der Waals surface area contributed by atoms with Crippen molar-refractivity contribution in [2.45, 2.75) is 40.5 Å². The molecule has 0 saturated heterocycles. The van der Waals surface area contributed by atoms with Crippen LogP contribution in [0.15, 0.2) is 18.5 Å². The Morgan fingerprint density at radius 3 is 2.43 bits per heavy atom. The van der Waals surface area contributed by atoms with Gasteiger partial charge in [0.2, 0.25) is 5.88 Å². The van der Waals surface area contributed by atoms with E-state index in [-0.39, 0.29) is 5.92 Å². The van der Waals surface area contributed by atoms with Gasteiger partial charge in [0.15, 0.2) is 0 Å². The monoisotopic (exact) mass is 285 g/mol. The van der Waals surface area contributed by atoms with Gasteiger partial charge in [0.1, 0.15) is 17.9 Å². The SMILES string of the molecule is CNc1ncnc(Oc2cc(C)cc(C)c2C)c1C(C)C. The summed E-state index contributed by atoms with van der Waals surface area (Å²) in [7, 11) is 1.86. The summed E-state index contributed by atoms with van der Waals surface area (Å²) in [5.41, 5.74) is 4.54. The van der Waals surface area contributed by atoms with Crippen molar-refractivity contribution < 1.29 is 4.74 Å². The molecule has 21 heavy (non-hydrogen) atoms. The van der Waals surface area contributed by atoms with Crippen molar-refractivity contribution in [2.24, 2.45) is 0 Å². The number of rotatable bonds is 4. The Bertz CT molecular complexity index is 651. The molecule has 0 fully saturated rings. The fourth-order valence-corrected chi connectivity index (χ4v) is 2.39. The zero-order chi connectivity index (χ0) is 15.6. The highest BCUT2D eigenvalue weighted by atomic mass is 16.5. The first-order chi connectivity index (χ1) is 9.93. The Morgan fingerprint density at radius 2 is 1.81 bits per heavy atom. The van der Waals surface area contributed by atoms with Crippen LogP contribution in [0, 0.1) is 20.8 Å². The lowest BCUT2D eigenvalue weighted by Gasteiger charge is -2.17. The van der Waals surface area contributed by atoms with Crippen LogP contribution in [0.1, 0.15) is 42.0 Å². The molecule has 4 nitrogen and oxygen atoms in total. The Balaban J connectivity index is 2.50. The van der Waals surface area contributed by atoms with E-state index in [9.17, 15) is 0 Å². The number of aromatic nitrogens is 2. The minimum absolute atomic E-state index is 0.273. The van der Waals surface area contributed by atoms with E-state index in [0.717, 1.165) is 22.7 Å². The molecule has 0 aliphatic carbocycles. The summed E-state index contributed by atoms with van der Waals surface area (Å²) in [6.07, 6.45) is 1.53. The molecule has 0 spiro atoms. The van der Waals surface area contributed by atoms with Gasteiger partial charge in [-0.3, -0.25) is 0 Å². The van der Waals surface area contributed by atoms with Crippen LogP contribution in [0.4, 0.5) is 5.82 Å². The van der Waals surface area contributed by atoms with E-state index in [1.807, 2.05) is 13.1 Å². The van der Waals surface area contributed by atoms with E-state index in [0.29, 0.717) is 5.88 Å². The first-order valence-electron chi connectivity index (χ1n) is 7.22. The Kier molecular flexibility index (Phi) is 4.46. The molecule has 1 aromatic heterocycles. The van der Waals surface area contributed by atoms with Crippen molar-refractivity contribution >= 4 is 5.82 Å². The number of nitrogens with one attached hydrogen (secondary N) is 1. The summed E-state index contributed by atoms with van der Waals surface area (Å²) < 4.78 is 6.11. The molecule has 0 aliphatic heterocycles. The maximum atomic E-state index is 6.11. The van der Waals surface area contributed by atoms with Crippen molar-refractivity contribution in [3.63, 3.8) is 0 Å². The van der Waals surface area contributed by atoms with Crippen molar-refractivity contribution in [1.29, 1.82) is 0 Å². The molecule has 0 amide bonds. The number of ether oxygens (including phenoxy) is 1. The highest BCUT2D eigenvalue weighted by molar-refractivity contribution is 5.52. The lowest BCUT2D eigenvalue weighted by molar-refractivity contribution is 0.448. The van der Waals surface area contributed by atoms with Gasteiger partial charge in [0.05, 0.1) is 5.56 Å². The predicted molar refractivity (Wildman–Crippen MR) is 86.4 cm³/mol. The molecule has 2 aromatic rings. The molecule has 0 bridgehead atoms. The van der Waals surface area contributed by atoms with Crippen LogP contribution in [-0.2, 0) is 0 Å². The Labute approximate surface area is 126 Å². The first kappa shape index (κ1) is 15.3. The minimum Gasteiger partial charge on any atom is -0.438 e. The normalized spacial score (nSPS) is 10.8. The van der Waals surface area contributed by atoms with Crippen LogP contribution in [0.3, 0.4) is 0 Å². The molecule has 0 saturated carbocycles. The van der Waals surface area contributed by atoms with Crippen LogP contribution < -0.4 is 10.1 Å². The number of benzene rings is 1. The molecule has 0 atom stereocenters. The van der Waals surface area contributed by atoms with Gasteiger partial charge in [-0.15, -0.1) is 0 Å². The highest BCUT2D eigenvalue weighted by Crippen LogP contribution is 2.34. The summed E-state index contributed by atoms with van der Waals surface area (Å²) >= 11 is 0. The first-order valence-corrected chi connectivity index (χ1v) is 7.22. The van der Waals surface area contributed by atoms with E-state index in [4.69, 9.17) is 4.74 Å². The molecular weight excluding hydrogens is 262 g/mol. The molecule has 0 aliphatic rings. The van der Waals surface area contributed by atoms with Crippen molar-refractivity contribution in [3.05, 3.63) is 40.7 Å². The van der Waals surface area contributed by atoms with Gasteiger partial charge in [-0.2, -0.15) is 0 Å². The second kappa shape index (κ2) is 6.12. The molecule has 2 rings (SSSR count). The van der Waals surface area contributed by atoms with Gasteiger partial charge in [0.25, 0.3) is 0 Å². The molecule has 1 aromatic carbocycles. The fraction of sp³-hybridized carbons (Fsp3) is 0.412. The number of anilines is 1. The highest BCUT2D eigenvalue weighted by Gasteiger charge is 2.17. The molecule has 0 unspecified atom stereocenters. The van der Waals surface area contributed by atoms with Gasteiger partial charge in [-0.05, 0) is 49.4 Å². The zero-order valence-corrected chi connectivity index (χ0v) is 13.6. The maximum Gasteiger partial charge on any atom is 0.227 e. The van der Waals surface area contributed by atoms with E-state index in [2.05, 4.69) is 56.0 Å². The lowest BCUT2D eigenvalue weighted by atomic mass is 10.0. The summed E-state index contributed by atoms with van der Waals surface area (Å²) in [4.78, 5) is 8.61. The standard InChI is InChI=1S/C17H23N3O/c1-10(2)15-16(18-6)19-9-20-17(15)21-14-8-11(3)7-12(4)13(14)5/h7-10H,1-6H3,(H,18,19,20). The third-order valence-electron chi connectivity index (χ3n) is 3.63. The Morgan fingerprint density at radius 1 is 1.10 bits per heavy atom. The minimum atomic E-state index is 0.273. The van der Waals surface area contributed by atoms with Gasteiger partial charge in [-0.25, -0.2) is 9.97 Å².